The fourth-order valence-corrected chi connectivity index (χ4v) is 2.35. The quantitative estimate of drug-likeness (QED) is 0.664. The first-order valence-electron chi connectivity index (χ1n) is 6.45. The van der Waals surface area contributed by atoms with Crippen LogP contribution in [0.2, 0.25) is 0 Å². The average Bonchev–Trinajstić information content (AvgIpc) is 2.81. The van der Waals surface area contributed by atoms with Gasteiger partial charge in [0.25, 0.3) is 0 Å². The maximum absolute atomic E-state index is 11.8. The summed E-state index contributed by atoms with van der Waals surface area (Å²) in [5.74, 6) is -0.351. The summed E-state index contributed by atoms with van der Waals surface area (Å²) in [6.07, 6.45) is 2.70. The second kappa shape index (κ2) is 5.97. The summed E-state index contributed by atoms with van der Waals surface area (Å²) < 4.78 is 5.03. The van der Waals surface area contributed by atoms with Crippen LogP contribution >= 0.6 is 0 Å². The summed E-state index contributed by atoms with van der Waals surface area (Å²) in [6, 6.07) is 0.149. The molecule has 0 spiro atoms. The number of H-pyrrole nitrogens is 1. The molecular weight excluding hydrogens is 232 g/mol. The van der Waals surface area contributed by atoms with Crippen LogP contribution in [-0.4, -0.2) is 35.9 Å². The van der Waals surface area contributed by atoms with Crippen LogP contribution in [0.5, 0.6) is 0 Å². The molecule has 0 aromatic carbocycles. The lowest BCUT2D eigenvalue weighted by Gasteiger charge is -2.24. The fraction of sp³-hybridized carbons (Fsp3) is 0.667. The Morgan fingerprint density at radius 1 is 1.61 bits per heavy atom. The minimum absolute atomic E-state index is 0.149. The number of hydrogen-bond donors (Lipinski definition) is 3. The molecule has 0 saturated carbocycles. The van der Waals surface area contributed by atoms with Gasteiger partial charge in [-0.05, 0) is 26.3 Å². The molecular formula is C12H20N4O2. The monoisotopic (exact) mass is 252 g/mol. The van der Waals surface area contributed by atoms with Crippen molar-refractivity contribution < 1.29 is 9.53 Å². The molecule has 1 aliphatic rings. The third kappa shape index (κ3) is 2.54. The number of rotatable bonds is 5. The number of hydrogen-bond acceptors (Lipinski definition) is 5. The molecule has 0 radical (unpaired) electrons. The summed E-state index contributed by atoms with van der Waals surface area (Å²) in [4.78, 5) is 11.8. The van der Waals surface area contributed by atoms with Gasteiger partial charge in [0.1, 0.15) is 0 Å². The van der Waals surface area contributed by atoms with Crippen LogP contribution in [0.15, 0.2) is 0 Å². The van der Waals surface area contributed by atoms with Crippen LogP contribution in [0.25, 0.3) is 0 Å². The first kappa shape index (κ1) is 13.0. The van der Waals surface area contributed by atoms with E-state index >= 15 is 0 Å². The SMILES string of the molecule is CCOC(=O)c1n[nH]c2c1C(CCCN)NCC2. The maximum Gasteiger partial charge on any atom is 0.359 e. The van der Waals surface area contributed by atoms with Crippen molar-refractivity contribution in [1.29, 1.82) is 0 Å². The van der Waals surface area contributed by atoms with Crippen LogP contribution in [0.1, 0.15) is 47.6 Å². The van der Waals surface area contributed by atoms with Crippen LogP contribution in [-0.2, 0) is 11.2 Å². The molecule has 1 aliphatic heterocycles. The van der Waals surface area contributed by atoms with Gasteiger partial charge in [-0.15, -0.1) is 0 Å². The second-order valence-electron chi connectivity index (χ2n) is 4.37. The van der Waals surface area contributed by atoms with E-state index in [2.05, 4.69) is 15.5 Å². The van der Waals surface area contributed by atoms with Crippen molar-refractivity contribution in [2.45, 2.75) is 32.2 Å². The first-order valence-corrected chi connectivity index (χ1v) is 6.45. The van der Waals surface area contributed by atoms with Crippen molar-refractivity contribution >= 4 is 5.97 Å². The molecule has 0 fully saturated rings. The molecule has 1 aromatic rings. The lowest BCUT2D eigenvalue weighted by molar-refractivity contribution is 0.0517. The molecule has 2 rings (SSSR count). The number of carbonyl (C=O) groups is 1. The van der Waals surface area contributed by atoms with E-state index in [0.717, 1.165) is 37.1 Å². The predicted octanol–water partition coefficient (Wildman–Crippen LogP) is 0.512. The number of ether oxygens (including phenoxy) is 1. The van der Waals surface area contributed by atoms with Gasteiger partial charge in [0.2, 0.25) is 0 Å². The highest BCUT2D eigenvalue weighted by molar-refractivity contribution is 5.89. The van der Waals surface area contributed by atoms with E-state index in [0.29, 0.717) is 18.8 Å². The number of nitrogens with one attached hydrogen (secondary N) is 2. The molecule has 0 saturated heterocycles. The van der Waals surface area contributed by atoms with Gasteiger partial charge in [-0.25, -0.2) is 4.79 Å². The van der Waals surface area contributed by atoms with Gasteiger partial charge < -0.3 is 15.8 Å². The summed E-state index contributed by atoms with van der Waals surface area (Å²) in [5.41, 5.74) is 7.97. The molecule has 0 bridgehead atoms. The Morgan fingerprint density at radius 3 is 3.17 bits per heavy atom. The number of fused-ring (bicyclic) bond motifs is 1. The largest absolute Gasteiger partial charge is 0.461 e. The van der Waals surface area contributed by atoms with E-state index < -0.39 is 0 Å². The zero-order valence-electron chi connectivity index (χ0n) is 10.7. The Bertz CT molecular complexity index is 416. The highest BCUT2D eigenvalue weighted by Crippen LogP contribution is 2.28. The number of aromatic nitrogens is 2. The van der Waals surface area contributed by atoms with Gasteiger partial charge in [0, 0.05) is 30.3 Å². The van der Waals surface area contributed by atoms with E-state index in [-0.39, 0.29) is 12.0 Å². The number of esters is 1. The molecule has 0 aliphatic carbocycles. The molecule has 1 atom stereocenters. The van der Waals surface area contributed by atoms with Crippen molar-refractivity contribution in [1.82, 2.24) is 15.5 Å². The molecule has 6 heteroatoms. The van der Waals surface area contributed by atoms with Crippen molar-refractivity contribution in [3.05, 3.63) is 17.0 Å². The van der Waals surface area contributed by atoms with Crippen molar-refractivity contribution in [3.63, 3.8) is 0 Å². The Morgan fingerprint density at radius 2 is 2.44 bits per heavy atom. The highest BCUT2D eigenvalue weighted by atomic mass is 16.5. The molecule has 4 N–H and O–H groups in total. The Hall–Kier alpha value is -1.40. The van der Waals surface area contributed by atoms with Crippen molar-refractivity contribution in [2.75, 3.05) is 19.7 Å². The van der Waals surface area contributed by atoms with E-state index in [1.165, 1.54) is 0 Å². The minimum atomic E-state index is -0.351. The summed E-state index contributed by atoms with van der Waals surface area (Å²) >= 11 is 0. The molecule has 6 nitrogen and oxygen atoms in total. The van der Waals surface area contributed by atoms with Gasteiger partial charge in [-0.2, -0.15) is 5.10 Å². The Balaban J connectivity index is 2.23. The van der Waals surface area contributed by atoms with E-state index in [1.807, 2.05) is 0 Å². The second-order valence-corrected chi connectivity index (χ2v) is 4.37. The third-order valence-corrected chi connectivity index (χ3v) is 3.16. The highest BCUT2D eigenvalue weighted by Gasteiger charge is 2.29. The molecule has 100 valence electrons. The zero-order valence-corrected chi connectivity index (χ0v) is 10.7. The normalized spacial score (nSPS) is 18.4. The van der Waals surface area contributed by atoms with Crippen LogP contribution in [0, 0.1) is 0 Å². The topological polar surface area (TPSA) is 93.0 Å². The predicted molar refractivity (Wildman–Crippen MR) is 67.3 cm³/mol. The van der Waals surface area contributed by atoms with E-state index in [4.69, 9.17) is 10.5 Å². The van der Waals surface area contributed by atoms with Gasteiger partial charge in [0.15, 0.2) is 5.69 Å². The van der Waals surface area contributed by atoms with Gasteiger partial charge >= 0.3 is 5.97 Å². The number of nitrogens with two attached hydrogens (primary N) is 1. The number of aromatic amines is 1. The number of carbonyl (C=O) groups excluding carboxylic acids is 1. The minimum Gasteiger partial charge on any atom is -0.461 e. The average molecular weight is 252 g/mol. The van der Waals surface area contributed by atoms with Crippen LogP contribution in [0.4, 0.5) is 0 Å². The van der Waals surface area contributed by atoms with Crippen molar-refractivity contribution in [2.24, 2.45) is 5.73 Å². The first-order chi connectivity index (χ1) is 8.77. The molecule has 1 unspecified atom stereocenters. The third-order valence-electron chi connectivity index (χ3n) is 3.16. The summed E-state index contributed by atoms with van der Waals surface area (Å²) in [7, 11) is 0. The lowest BCUT2D eigenvalue weighted by atomic mass is 9.95. The van der Waals surface area contributed by atoms with Crippen molar-refractivity contribution in [3.8, 4) is 0 Å². The zero-order chi connectivity index (χ0) is 13.0. The van der Waals surface area contributed by atoms with Crippen LogP contribution in [0.3, 0.4) is 0 Å². The Labute approximate surface area is 106 Å². The fourth-order valence-electron chi connectivity index (χ4n) is 2.35. The smallest absolute Gasteiger partial charge is 0.359 e. The summed E-state index contributed by atoms with van der Waals surface area (Å²) in [5, 5.41) is 10.5. The van der Waals surface area contributed by atoms with Gasteiger partial charge in [-0.1, -0.05) is 0 Å². The van der Waals surface area contributed by atoms with Gasteiger partial charge in [-0.3, -0.25) is 5.10 Å². The molecule has 1 aromatic heterocycles. The molecule has 18 heavy (non-hydrogen) atoms. The van der Waals surface area contributed by atoms with E-state index in [1.54, 1.807) is 6.92 Å². The summed E-state index contributed by atoms with van der Waals surface area (Å²) in [6.45, 7) is 3.70. The van der Waals surface area contributed by atoms with Crippen LogP contribution < -0.4 is 11.1 Å². The molecule has 2 heterocycles. The Kier molecular flexibility index (Phi) is 4.33. The molecule has 0 amide bonds. The lowest BCUT2D eigenvalue weighted by Crippen LogP contribution is -2.31. The maximum atomic E-state index is 11.8. The van der Waals surface area contributed by atoms with Gasteiger partial charge in [0.05, 0.1) is 6.61 Å². The number of nitrogens with zero attached hydrogens (tertiary/aromatic N) is 1. The standard InChI is InChI=1S/C12H20N4O2/c1-2-18-12(17)11-10-8(4-3-6-13)14-7-5-9(10)15-16-11/h8,14H,2-7,13H2,1H3,(H,15,16). The van der Waals surface area contributed by atoms with E-state index in [9.17, 15) is 4.79 Å².